The number of fused-ring (bicyclic) bond motifs is 1. The van der Waals surface area contributed by atoms with Crippen molar-refractivity contribution in [1.82, 2.24) is 10.3 Å². The SMILES string of the molecule is O=[N+]([O-])c1ccc(N2CCC(C3CCCN3)CC2)c2ncccc12. The zero-order valence-corrected chi connectivity index (χ0v) is 13.6. The van der Waals surface area contributed by atoms with E-state index >= 15 is 0 Å². The lowest BCUT2D eigenvalue weighted by atomic mass is 9.88. The van der Waals surface area contributed by atoms with E-state index in [-0.39, 0.29) is 10.6 Å². The number of nitro groups is 1. The maximum absolute atomic E-state index is 11.2. The highest BCUT2D eigenvalue weighted by molar-refractivity contribution is 5.97. The molecule has 1 unspecified atom stereocenters. The summed E-state index contributed by atoms with van der Waals surface area (Å²) in [5.41, 5.74) is 1.89. The van der Waals surface area contributed by atoms with Gasteiger partial charge in [-0.1, -0.05) is 0 Å². The monoisotopic (exact) mass is 326 g/mol. The lowest BCUT2D eigenvalue weighted by Crippen LogP contribution is -2.41. The number of piperidine rings is 1. The van der Waals surface area contributed by atoms with Gasteiger partial charge in [0.05, 0.1) is 16.0 Å². The number of nitrogens with zero attached hydrogens (tertiary/aromatic N) is 3. The summed E-state index contributed by atoms with van der Waals surface area (Å²) in [4.78, 5) is 17.7. The molecule has 0 bridgehead atoms. The van der Waals surface area contributed by atoms with Crippen LogP contribution < -0.4 is 10.2 Å². The number of nitrogens with one attached hydrogen (secondary N) is 1. The molecule has 2 aliphatic heterocycles. The zero-order valence-electron chi connectivity index (χ0n) is 13.6. The maximum Gasteiger partial charge on any atom is 0.278 e. The van der Waals surface area contributed by atoms with Gasteiger partial charge in [-0.3, -0.25) is 15.1 Å². The van der Waals surface area contributed by atoms with E-state index in [1.54, 1.807) is 24.4 Å². The molecular formula is C18H22N4O2. The first kappa shape index (κ1) is 15.3. The fourth-order valence-corrected chi connectivity index (χ4v) is 4.21. The Morgan fingerprint density at radius 2 is 2.04 bits per heavy atom. The first-order chi connectivity index (χ1) is 11.7. The molecule has 0 saturated carbocycles. The number of aromatic nitrogens is 1. The lowest BCUT2D eigenvalue weighted by Gasteiger charge is -2.36. The van der Waals surface area contributed by atoms with Crippen molar-refractivity contribution in [1.29, 1.82) is 0 Å². The topological polar surface area (TPSA) is 71.3 Å². The van der Waals surface area contributed by atoms with Crippen molar-refractivity contribution < 1.29 is 4.92 Å². The number of benzene rings is 1. The second kappa shape index (κ2) is 6.36. The van der Waals surface area contributed by atoms with Gasteiger partial charge in [0.2, 0.25) is 0 Å². The minimum Gasteiger partial charge on any atom is -0.370 e. The van der Waals surface area contributed by atoms with Gasteiger partial charge < -0.3 is 10.2 Å². The summed E-state index contributed by atoms with van der Waals surface area (Å²) in [5.74, 6) is 0.751. The summed E-state index contributed by atoms with van der Waals surface area (Å²) >= 11 is 0. The molecule has 2 aliphatic rings. The molecule has 2 aromatic rings. The predicted molar refractivity (Wildman–Crippen MR) is 94.4 cm³/mol. The fraction of sp³-hybridized carbons (Fsp3) is 0.500. The summed E-state index contributed by atoms with van der Waals surface area (Å²) in [7, 11) is 0. The molecule has 0 spiro atoms. The minimum absolute atomic E-state index is 0.131. The van der Waals surface area contributed by atoms with E-state index < -0.39 is 0 Å². The van der Waals surface area contributed by atoms with Crippen molar-refractivity contribution in [3.05, 3.63) is 40.6 Å². The van der Waals surface area contributed by atoms with Crippen LogP contribution in [0.2, 0.25) is 0 Å². The Morgan fingerprint density at radius 3 is 2.75 bits per heavy atom. The summed E-state index contributed by atoms with van der Waals surface area (Å²) < 4.78 is 0. The van der Waals surface area contributed by atoms with Crippen LogP contribution in [0.5, 0.6) is 0 Å². The molecule has 0 aliphatic carbocycles. The Labute approximate surface area is 141 Å². The van der Waals surface area contributed by atoms with Crippen LogP contribution in [0.3, 0.4) is 0 Å². The second-order valence-electron chi connectivity index (χ2n) is 6.79. The van der Waals surface area contributed by atoms with Crippen molar-refractivity contribution in [2.75, 3.05) is 24.5 Å². The van der Waals surface area contributed by atoms with Gasteiger partial charge in [0.1, 0.15) is 5.52 Å². The molecule has 1 atom stereocenters. The summed E-state index contributed by atoms with van der Waals surface area (Å²) in [6.45, 7) is 3.14. The van der Waals surface area contributed by atoms with Gasteiger partial charge in [0, 0.05) is 31.4 Å². The molecule has 1 N–H and O–H groups in total. The predicted octanol–water partition coefficient (Wildman–Crippen LogP) is 3.11. The number of nitro benzene ring substituents is 1. The molecule has 126 valence electrons. The van der Waals surface area contributed by atoms with Crippen LogP contribution in [0.25, 0.3) is 10.9 Å². The van der Waals surface area contributed by atoms with E-state index in [2.05, 4.69) is 15.2 Å². The van der Waals surface area contributed by atoms with E-state index in [4.69, 9.17) is 0 Å². The van der Waals surface area contributed by atoms with Crippen molar-refractivity contribution in [3.63, 3.8) is 0 Å². The van der Waals surface area contributed by atoms with Gasteiger partial charge in [0.25, 0.3) is 5.69 Å². The molecule has 6 nitrogen and oxygen atoms in total. The van der Waals surface area contributed by atoms with Crippen LogP contribution in [-0.4, -0.2) is 35.6 Å². The number of hydrogen-bond donors (Lipinski definition) is 1. The van der Waals surface area contributed by atoms with Crippen LogP contribution in [0.4, 0.5) is 11.4 Å². The molecule has 2 fully saturated rings. The minimum atomic E-state index is -0.328. The first-order valence-electron chi connectivity index (χ1n) is 8.74. The second-order valence-corrected chi connectivity index (χ2v) is 6.79. The Morgan fingerprint density at radius 1 is 1.21 bits per heavy atom. The highest BCUT2D eigenvalue weighted by Gasteiger charge is 2.29. The molecule has 3 heterocycles. The standard InChI is InChI=1S/C18H22N4O2/c23-22(24)16-5-6-17(18-14(16)3-1-10-20-18)21-11-7-13(8-12-21)15-4-2-9-19-15/h1,3,5-6,10,13,15,19H,2,4,7-9,11-12H2. The van der Waals surface area contributed by atoms with Gasteiger partial charge in [0.15, 0.2) is 0 Å². The molecule has 1 aromatic carbocycles. The average Bonchev–Trinajstić information content (AvgIpc) is 3.15. The highest BCUT2D eigenvalue weighted by Crippen LogP contribution is 2.35. The highest BCUT2D eigenvalue weighted by atomic mass is 16.6. The Kier molecular flexibility index (Phi) is 4.06. The number of non-ortho nitro benzene ring substituents is 1. The van der Waals surface area contributed by atoms with Crippen LogP contribution >= 0.6 is 0 Å². The van der Waals surface area contributed by atoms with Gasteiger partial charge >= 0.3 is 0 Å². The number of pyridine rings is 1. The number of hydrogen-bond acceptors (Lipinski definition) is 5. The van der Waals surface area contributed by atoms with E-state index in [1.165, 1.54) is 25.7 Å². The molecule has 4 rings (SSSR count). The summed E-state index contributed by atoms with van der Waals surface area (Å²) in [5, 5.41) is 15.5. The van der Waals surface area contributed by atoms with E-state index in [0.29, 0.717) is 11.4 Å². The van der Waals surface area contributed by atoms with E-state index in [9.17, 15) is 10.1 Å². The van der Waals surface area contributed by atoms with Crippen LogP contribution in [0.15, 0.2) is 30.5 Å². The Balaban J connectivity index is 1.59. The maximum atomic E-state index is 11.2. The van der Waals surface area contributed by atoms with Crippen LogP contribution in [-0.2, 0) is 0 Å². The summed E-state index contributed by atoms with van der Waals surface area (Å²) in [6.07, 6.45) is 6.64. The Hall–Kier alpha value is -2.21. The van der Waals surface area contributed by atoms with Crippen LogP contribution in [0.1, 0.15) is 25.7 Å². The molecule has 2 saturated heterocycles. The average molecular weight is 326 g/mol. The molecule has 6 heteroatoms. The zero-order chi connectivity index (χ0) is 16.5. The molecule has 1 aromatic heterocycles. The van der Waals surface area contributed by atoms with Crippen molar-refractivity contribution >= 4 is 22.3 Å². The lowest BCUT2D eigenvalue weighted by molar-refractivity contribution is -0.383. The third-order valence-corrected chi connectivity index (χ3v) is 5.47. The van der Waals surface area contributed by atoms with Crippen LogP contribution in [0, 0.1) is 16.0 Å². The van der Waals surface area contributed by atoms with Crippen molar-refractivity contribution in [3.8, 4) is 0 Å². The van der Waals surface area contributed by atoms with E-state index in [0.717, 1.165) is 36.8 Å². The Bertz CT molecular complexity index is 750. The van der Waals surface area contributed by atoms with Crippen molar-refractivity contribution in [2.24, 2.45) is 5.92 Å². The third-order valence-electron chi connectivity index (χ3n) is 5.47. The normalized spacial score (nSPS) is 22.2. The van der Waals surface area contributed by atoms with Gasteiger partial charge in [-0.25, -0.2) is 0 Å². The molecule has 24 heavy (non-hydrogen) atoms. The largest absolute Gasteiger partial charge is 0.370 e. The first-order valence-corrected chi connectivity index (χ1v) is 8.74. The molecular weight excluding hydrogens is 304 g/mol. The fourth-order valence-electron chi connectivity index (χ4n) is 4.21. The number of anilines is 1. The molecule has 0 radical (unpaired) electrons. The van der Waals surface area contributed by atoms with E-state index in [1.807, 2.05) is 6.07 Å². The van der Waals surface area contributed by atoms with Gasteiger partial charge in [-0.05, 0) is 56.3 Å². The third kappa shape index (κ3) is 2.71. The van der Waals surface area contributed by atoms with Gasteiger partial charge in [-0.15, -0.1) is 0 Å². The molecule has 0 amide bonds. The van der Waals surface area contributed by atoms with Gasteiger partial charge in [-0.2, -0.15) is 0 Å². The summed E-state index contributed by atoms with van der Waals surface area (Å²) in [6, 6.07) is 7.71. The smallest absolute Gasteiger partial charge is 0.278 e. The quantitative estimate of drug-likeness (QED) is 0.693. The van der Waals surface area contributed by atoms with Crippen molar-refractivity contribution in [2.45, 2.75) is 31.7 Å². The number of rotatable bonds is 3.